The first-order valence-electron chi connectivity index (χ1n) is 6.58. The molecule has 1 atom stereocenters. The Balaban J connectivity index is 1.99. The maximum absolute atomic E-state index is 11.9. The van der Waals surface area contributed by atoms with Gasteiger partial charge in [0.15, 0.2) is 0 Å². The van der Waals surface area contributed by atoms with E-state index in [1.54, 1.807) is 18.2 Å². The van der Waals surface area contributed by atoms with Gasteiger partial charge in [-0.05, 0) is 30.7 Å². The zero-order valence-corrected chi connectivity index (χ0v) is 11.7. The van der Waals surface area contributed by atoms with Gasteiger partial charge in [0.1, 0.15) is 0 Å². The molecule has 108 valence electrons. The SMILES string of the molecule is CC(NC(=O)Nc1cccc(C(N)=O)c1)c1ccccc1. The van der Waals surface area contributed by atoms with Crippen LogP contribution in [0.4, 0.5) is 10.5 Å². The highest BCUT2D eigenvalue weighted by molar-refractivity contribution is 5.95. The molecule has 0 aliphatic carbocycles. The minimum atomic E-state index is -0.531. The fraction of sp³-hybridized carbons (Fsp3) is 0.125. The number of nitrogens with one attached hydrogen (secondary N) is 2. The molecule has 5 heteroatoms. The first kappa shape index (κ1) is 14.6. The summed E-state index contributed by atoms with van der Waals surface area (Å²) >= 11 is 0. The van der Waals surface area contributed by atoms with Crippen molar-refractivity contribution in [3.8, 4) is 0 Å². The van der Waals surface area contributed by atoms with Gasteiger partial charge in [0.05, 0.1) is 6.04 Å². The van der Waals surface area contributed by atoms with Crippen LogP contribution >= 0.6 is 0 Å². The van der Waals surface area contributed by atoms with Gasteiger partial charge < -0.3 is 16.4 Å². The van der Waals surface area contributed by atoms with E-state index in [1.165, 1.54) is 6.07 Å². The number of primary amides is 1. The van der Waals surface area contributed by atoms with Crippen molar-refractivity contribution in [1.29, 1.82) is 0 Å². The molecule has 0 aliphatic rings. The molecule has 0 saturated carbocycles. The number of anilines is 1. The van der Waals surface area contributed by atoms with Gasteiger partial charge in [-0.2, -0.15) is 0 Å². The van der Waals surface area contributed by atoms with Gasteiger partial charge in [0, 0.05) is 11.3 Å². The molecule has 0 saturated heterocycles. The Bertz CT molecular complexity index is 641. The molecule has 0 heterocycles. The molecule has 0 fully saturated rings. The number of hydrogen-bond donors (Lipinski definition) is 3. The molecule has 0 radical (unpaired) electrons. The maximum atomic E-state index is 11.9. The first-order valence-corrected chi connectivity index (χ1v) is 6.58. The van der Waals surface area contributed by atoms with E-state index >= 15 is 0 Å². The van der Waals surface area contributed by atoms with Crippen LogP contribution in [0.25, 0.3) is 0 Å². The van der Waals surface area contributed by atoms with Crippen molar-refractivity contribution >= 4 is 17.6 Å². The second-order valence-corrected chi connectivity index (χ2v) is 4.68. The highest BCUT2D eigenvalue weighted by atomic mass is 16.2. The monoisotopic (exact) mass is 283 g/mol. The van der Waals surface area contributed by atoms with Crippen LogP contribution in [-0.4, -0.2) is 11.9 Å². The van der Waals surface area contributed by atoms with E-state index in [1.807, 2.05) is 37.3 Å². The van der Waals surface area contributed by atoms with Gasteiger partial charge in [-0.15, -0.1) is 0 Å². The molecule has 2 aromatic rings. The van der Waals surface area contributed by atoms with Crippen LogP contribution in [0.5, 0.6) is 0 Å². The average molecular weight is 283 g/mol. The van der Waals surface area contributed by atoms with Crippen molar-refractivity contribution in [2.24, 2.45) is 5.73 Å². The Morgan fingerprint density at radius 3 is 2.43 bits per heavy atom. The number of nitrogens with two attached hydrogens (primary N) is 1. The number of benzene rings is 2. The average Bonchev–Trinajstić information content (AvgIpc) is 2.48. The van der Waals surface area contributed by atoms with Crippen LogP contribution in [0.1, 0.15) is 28.9 Å². The van der Waals surface area contributed by atoms with Crippen molar-refractivity contribution in [2.75, 3.05) is 5.32 Å². The summed E-state index contributed by atoms with van der Waals surface area (Å²) in [5, 5.41) is 5.51. The third-order valence-electron chi connectivity index (χ3n) is 3.05. The predicted octanol–water partition coefficient (Wildman–Crippen LogP) is 2.67. The molecule has 2 aromatic carbocycles. The van der Waals surface area contributed by atoms with E-state index < -0.39 is 5.91 Å². The quantitative estimate of drug-likeness (QED) is 0.806. The summed E-state index contributed by atoms with van der Waals surface area (Å²) < 4.78 is 0. The lowest BCUT2D eigenvalue weighted by Gasteiger charge is -2.15. The highest BCUT2D eigenvalue weighted by Crippen LogP contribution is 2.13. The predicted molar refractivity (Wildman–Crippen MR) is 82.0 cm³/mol. The van der Waals surface area contributed by atoms with Gasteiger partial charge in [-0.25, -0.2) is 4.79 Å². The van der Waals surface area contributed by atoms with Crippen LogP contribution in [-0.2, 0) is 0 Å². The zero-order valence-electron chi connectivity index (χ0n) is 11.7. The molecule has 5 nitrogen and oxygen atoms in total. The molecular weight excluding hydrogens is 266 g/mol. The first-order chi connectivity index (χ1) is 10.1. The van der Waals surface area contributed by atoms with E-state index in [0.717, 1.165) is 5.56 Å². The summed E-state index contributed by atoms with van der Waals surface area (Å²) in [4.78, 5) is 23.0. The topological polar surface area (TPSA) is 84.2 Å². The normalized spacial score (nSPS) is 11.5. The minimum absolute atomic E-state index is 0.120. The van der Waals surface area contributed by atoms with Crippen LogP contribution in [0, 0.1) is 0 Å². The molecule has 21 heavy (non-hydrogen) atoms. The van der Waals surface area contributed by atoms with Crippen LogP contribution < -0.4 is 16.4 Å². The second kappa shape index (κ2) is 6.56. The van der Waals surface area contributed by atoms with Gasteiger partial charge in [0.2, 0.25) is 5.91 Å². The van der Waals surface area contributed by atoms with E-state index in [4.69, 9.17) is 5.73 Å². The largest absolute Gasteiger partial charge is 0.366 e. The summed E-state index contributed by atoms with van der Waals surface area (Å²) in [5.41, 5.74) is 7.08. The van der Waals surface area contributed by atoms with Crippen molar-refractivity contribution in [2.45, 2.75) is 13.0 Å². The minimum Gasteiger partial charge on any atom is -0.366 e. The molecule has 0 bridgehead atoms. The lowest BCUT2D eigenvalue weighted by molar-refractivity contribution is 0.100. The number of carbonyl (C=O) groups is 2. The summed E-state index contributed by atoms with van der Waals surface area (Å²) in [6.45, 7) is 1.90. The standard InChI is InChI=1S/C16H17N3O2/c1-11(12-6-3-2-4-7-12)18-16(21)19-14-9-5-8-13(10-14)15(17)20/h2-11H,1H3,(H2,17,20)(H2,18,19,21). The Kier molecular flexibility index (Phi) is 4.56. The number of urea groups is 1. The fourth-order valence-corrected chi connectivity index (χ4v) is 1.94. The number of amides is 3. The maximum Gasteiger partial charge on any atom is 0.319 e. The van der Waals surface area contributed by atoms with E-state index in [9.17, 15) is 9.59 Å². The molecular formula is C16H17N3O2. The van der Waals surface area contributed by atoms with Gasteiger partial charge in [-0.3, -0.25) is 4.79 Å². The molecule has 0 aromatic heterocycles. The smallest absolute Gasteiger partial charge is 0.319 e. The summed E-state index contributed by atoms with van der Waals surface area (Å²) in [5.74, 6) is -0.531. The second-order valence-electron chi connectivity index (χ2n) is 4.68. The molecule has 0 spiro atoms. The van der Waals surface area contributed by atoms with Crippen LogP contribution in [0.2, 0.25) is 0 Å². The van der Waals surface area contributed by atoms with E-state index in [0.29, 0.717) is 11.3 Å². The van der Waals surface area contributed by atoms with E-state index in [2.05, 4.69) is 10.6 Å². The lowest BCUT2D eigenvalue weighted by Crippen LogP contribution is -2.31. The molecule has 1 unspecified atom stereocenters. The van der Waals surface area contributed by atoms with Gasteiger partial charge in [-0.1, -0.05) is 36.4 Å². The third kappa shape index (κ3) is 4.07. The Labute approximate surface area is 123 Å². The van der Waals surface area contributed by atoms with Crippen molar-refractivity contribution in [3.05, 3.63) is 65.7 Å². The van der Waals surface area contributed by atoms with Crippen molar-refractivity contribution in [1.82, 2.24) is 5.32 Å². The molecule has 2 rings (SSSR count). The summed E-state index contributed by atoms with van der Waals surface area (Å²) in [6.07, 6.45) is 0. The van der Waals surface area contributed by atoms with Gasteiger partial charge in [0.25, 0.3) is 0 Å². The molecule has 0 aliphatic heterocycles. The number of carbonyl (C=O) groups excluding carboxylic acids is 2. The Morgan fingerprint density at radius 2 is 1.76 bits per heavy atom. The zero-order chi connectivity index (χ0) is 15.2. The van der Waals surface area contributed by atoms with E-state index in [-0.39, 0.29) is 12.1 Å². The van der Waals surface area contributed by atoms with Crippen LogP contribution in [0.15, 0.2) is 54.6 Å². The Morgan fingerprint density at radius 1 is 1.05 bits per heavy atom. The highest BCUT2D eigenvalue weighted by Gasteiger charge is 2.09. The molecule has 4 N–H and O–H groups in total. The van der Waals surface area contributed by atoms with Crippen LogP contribution in [0.3, 0.4) is 0 Å². The van der Waals surface area contributed by atoms with Gasteiger partial charge >= 0.3 is 6.03 Å². The molecule has 3 amide bonds. The Hall–Kier alpha value is -2.82. The third-order valence-corrected chi connectivity index (χ3v) is 3.05. The summed E-state index contributed by atoms with van der Waals surface area (Å²) in [6, 6.07) is 15.7. The summed E-state index contributed by atoms with van der Waals surface area (Å²) in [7, 11) is 0. The van der Waals surface area contributed by atoms with Crippen molar-refractivity contribution in [3.63, 3.8) is 0 Å². The lowest BCUT2D eigenvalue weighted by atomic mass is 10.1. The van der Waals surface area contributed by atoms with Crippen molar-refractivity contribution < 1.29 is 9.59 Å². The number of rotatable bonds is 4. The number of hydrogen-bond acceptors (Lipinski definition) is 2. The fourth-order valence-electron chi connectivity index (χ4n) is 1.94.